The molecule has 1 aromatic carbocycles. The summed E-state index contributed by atoms with van der Waals surface area (Å²) in [5.74, 6) is -0.267. The van der Waals surface area contributed by atoms with E-state index in [9.17, 15) is 14.9 Å². The van der Waals surface area contributed by atoms with Crippen molar-refractivity contribution in [3.8, 4) is 11.3 Å². The highest BCUT2D eigenvalue weighted by Crippen LogP contribution is 2.28. The van der Waals surface area contributed by atoms with Crippen LogP contribution in [0.1, 0.15) is 27.2 Å². The highest BCUT2D eigenvalue weighted by molar-refractivity contribution is 7.13. The molecule has 0 saturated carbocycles. The molecule has 7 nitrogen and oxygen atoms in total. The Kier molecular flexibility index (Phi) is 5.09. The third-order valence-electron chi connectivity index (χ3n) is 4.94. The van der Waals surface area contributed by atoms with Crippen LogP contribution in [0.15, 0.2) is 54.0 Å². The summed E-state index contributed by atoms with van der Waals surface area (Å²) in [7, 11) is 1.69. The first-order valence-electron chi connectivity index (χ1n) is 9.36. The minimum absolute atomic E-state index is 0.0440. The van der Waals surface area contributed by atoms with Gasteiger partial charge in [0.05, 0.1) is 28.4 Å². The monoisotopic (exact) mass is 420 g/mol. The van der Waals surface area contributed by atoms with Crippen molar-refractivity contribution in [2.24, 2.45) is 0 Å². The molecule has 0 bridgehead atoms. The summed E-state index contributed by atoms with van der Waals surface area (Å²) in [4.78, 5) is 29.7. The molecular formula is C22H20N4O3S. The van der Waals surface area contributed by atoms with Crippen molar-refractivity contribution in [3.63, 3.8) is 0 Å². The third-order valence-corrected chi connectivity index (χ3v) is 5.82. The number of carbonyl (C=O) groups is 1. The van der Waals surface area contributed by atoms with Gasteiger partial charge in [-0.15, -0.1) is 0 Å². The Morgan fingerprint density at radius 3 is 2.53 bits per heavy atom. The summed E-state index contributed by atoms with van der Waals surface area (Å²) in [6.45, 7) is 4.36. The Bertz CT molecular complexity index is 1260. The van der Waals surface area contributed by atoms with Gasteiger partial charge in [0.25, 0.3) is 5.91 Å². The SMILES string of the molecule is Cc1ccc(-c2nc3ccc(C)cn3c2CN(C)C(=O)c2csc([N+](=O)[O-])c2)cc1. The number of nitrogens with zero attached hydrogens (tertiary/aromatic N) is 4. The second-order valence-corrected chi connectivity index (χ2v) is 8.19. The number of fused-ring (bicyclic) bond motifs is 1. The van der Waals surface area contributed by atoms with Gasteiger partial charge in [-0.05, 0) is 25.5 Å². The molecule has 0 fully saturated rings. The van der Waals surface area contributed by atoms with E-state index in [-0.39, 0.29) is 10.9 Å². The molecule has 8 heteroatoms. The van der Waals surface area contributed by atoms with Crippen LogP contribution in [0.5, 0.6) is 0 Å². The van der Waals surface area contributed by atoms with E-state index in [1.54, 1.807) is 11.9 Å². The lowest BCUT2D eigenvalue weighted by Crippen LogP contribution is -2.26. The second-order valence-electron chi connectivity index (χ2n) is 7.30. The molecule has 0 unspecified atom stereocenters. The fraction of sp³-hybridized carbons (Fsp3) is 0.182. The zero-order valence-electron chi connectivity index (χ0n) is 16.8. The number of hydrogen-bond donors (Lipinski definition) is 0. The molecule has 4 rings (SSSR count). The fourth-order valence-electron chi connectivity index (χ4n) is 3.34. The average molecular weight is 420 g/mol. The summed E-state index contributed by atoms with van der Waals surface area (Å²) >= 11 is 0.953. The largest absolute Gasteiger partial charge is 0.336 e. The number of aryl methyl sites for hydroxylation is 2. The third kappa shape index (κ3) is 3.69. The maximum absolute atomic E-state index is 12.9. The van der Waals surface area contributed by atoms with Gasteiger partial charge >= 0.3 is 5.00 Å². The predicted octanol–water partition coefficient (Wildman–Crippen LogP) is 4.86. The van der Waals surface area contributed by atoms with E-state index in [2.05, 4.69) is 0 Å². The van der Waals surface area contributed by atoms with Gasteiger partial charge in [0.15, 0.2) is 0 Å². The zero-order valence-corrected chi connectivity index (χ0v) is 17.6. The summed E-state index contributed by atoms with van der Waals surface area (Å²) in [6.07, 6.45) is 2.00. The standard InChI is InChI=1S/C22H20N4O3S/c1-14-4-7-16(8-5-14)21-18(25-11-15(2)6-9-19(25)23-21)12-24(3)22(27)17-10-20(26(28)29)30-13-17/h4-11,13H,12H2,1-3H3. The maximum atomic E-state index is 12.9. The maximum Gasteiger partial charge on any atom is 0.324 e. The van der Waals surface area contributed by atoms with E-state index in [4.69, 9.17) is 4.98 Å². The van der Waals surface area contributed by atoms with E-state index in [0.717, 1.165) is 45.1 Å². The minimum Gasteiger partial charge on any atom is -0.336 e. The lowest BCUT2D eigenvalue weighted by molar-refractivity contribution is -0.380. The quantitative estimate of drug-likeness (QED) is 0.341. The number of carbonyl (C=O) groups excluding carboxylic acids is 1. The fourth-order valence-corrected chi connectivity index (χ4v) is 4.04. The Morgan fingerprint density at radius 1 is 1.17 bits per heavy atom. The lowest BCUT2D eigenvalue weighted by atomic mass is 10.1. The zero-order chi connectivity index (χ0) is 21.4. The van der Waals surface area contributed by atoms with Gasteiger partial charge in [-0.3, -0.25) is 14.9 Å². The van der Waals surface area contributed by atoms with Crippen LogP contribution in [0.2, 0.25) is 0 Å². The lowest BCUT2D eigenvalue weighted by Gasteiger charge is -2.17. The number of amides is 1. The minimum atomic E-state index is -0.482. The highest BCUT2D eigenvalue weighted by Gasteiger charge is 2.22. The molecule has 0 aliphatic carbocycles. The smallest absolute Gasteiger partial charge is 0.324 e. The summed E-state index contributed by atoms with van der Waals surface area (Å²) in [5, 5.41) is 12.4. The molecule has 0 spiro atoms. The number of imidazole rings is 1. The van der Waals surface area contributed by atoms with Crippen LogP contribution in [0.3, 0.4) is 0 Å². The number of nitro groups is 1. The Labute approximate surface area is 177 Å². The van der Waals surface area contributed by atoms with E-state index in [1.165, 1.54) is 11.4 Å². The van der Waals surface area contributed by atoms with Gasteiger partial charge < -0.3 is 9.30 Å². The Morgan fingerprint density at radius 2 is 1.87 bits per heavy atom. The Balaban J connectivity index is 1.73. The van der Waals surface area contributed by atoms with Crippen molar-refractivity contribution in [2.45, 2.75) is 20.4 Å². The van der Waals surface area contributed by atoms with Gasteiger partial charge in [0, 0.05) is 30.3 Å². The molecule has 0 saturated heterocycles. The summed E-state index contributed by atoms with van der Waals surface area (Å²) in [5.41, 5.74) is 6.04. The van der Waals surface area contributed by atoms with Crippen molar-refractivity contribution < 1.29 is 9.72 Å². The van der Waals surface area contributed by atoms with Crippen LogP contribution >= 0.6 is 11.3 Å². The van der Waals surface area contributed by atoms with Gasteiger partial charge in [0.2, 0.25) is 0 Å². The van der Waals surface area contributed by atoms with Gasteiger partial charge in [-0.2, -0.15) is 0 Å². The molecule has 30 heavy (non-hydrogen) atoms. The predicted molar refractivity (Wildman–Crippen MR) is 117 cm³/mol. The van der Waals surface area contributed by atoms with Crippen LogP contribution in [0.4, 0.5) is 5.00 Å². The molecule has 0 N–H and O–H groups in total. The molecule has 3 heterocycles. The van der Waals surface area contributed by atoms with Crippen LogP contribution in [0, 0.1) is 24.0 Å². The normalized spacial score (nSPS) is 11.0. The molecular weight excluding hydrogens is 400 g/mol. The number of hydrogen-bond acceptors (Lipinski definition) is 5. The van der Waals surface area contributed by atoms with Crippen LogP contribution < -0.4 is 0 Å². The second kappa shape index (κ2) is 7.72. The number of pyridine rings is 1. The molecule has 0 atom stereocenters. The first kappa shape index (κ1) is 19.8. The number of thiophene rings is 1. The molecule has 152 valence electrons. The van der Waals surface area contributed by atoms with E-state index < -0.39 is 4.92 Å². The van der Waals surface area contributed by atoms with Crippen molar-refractivity contribution in [2.75, 3.05) is 7.05 Å². The van der Waals surface area contributed by atoms with Crippen molar-refractivity contribution in [1.29, 1.82) is 0 Å². The average Bonchev–Trinajstić information content (AvgIpc) is 3.34. The van der Waals surface area contributed by atoms with Crippen LogP contribution in [-0.4, -0.2) is 32.2 Å². The highest BCUT2D eigenvalue weighted by atomic mass is 32.1. The van der Waals surface area contributed by atoms with E-state index >= 15 is 0 Å². The van der Waals surface area contributed by atoms with Gasteiger partial charge in [0.1, 0.15) is 5.65 Å². The van der Waals surface area contributed by atoms with E-state index in [0.29, 0.717) is 12.1 Å². The van der Waals surface area contributed by atoms with Crippen LogP contribution in [0.25, 0.3) is 16.9 Å². The first-order chi connectivity index (χ1) is 14.3. The molecule has 0 radical (unpaired) electrons. The summed E-state index contributed by atoms with van der Waals surface area (Å²) < 4.78 is 2.00. The molecule has 4 aromatic rings. The molecule has 0 aliphatic heterocycles. The Hall–Kier alpha value is -3.52. The van der Waals surface area contributed by atoms with Crippen LogP contribution in [-0.2, 0) is 6.54 Å². The summed E-state index contributed by atoms with van der Waals surface area (Å²) in [6, 6.07) is 13.4. The van der Waals surface area contributed by atoms with Crippen molar-refractivity contribution >= 4 is 27.9 Å². The van der Waals surface area contributed by atoms with Crippen molar-refractivity contribution in [3.05, 3.63) is 86.5 Å². The topological polar surface area (TPSA) is 80.8 Å². The number of benzene rings is 1. The molecule has 1 amide bonds. The number of aromatic nitrogens is 2. The number of rotatable bonds is 5. The van der Waals surface area contributed by atoms with Gasteiger partial charge in [-0.1, -0.05) is 47.2 Å². The van der Waals surface area contributed by atoms with Crippen molar-refractivity contribution in [1.82, 2.24) is 14.3 Å². The molecule has 0 aliphatic rings. The van der Waals surface area contributed by atoms with E-state index in [1.807, 2.05) is 60.8 Å². The van der Waals surface area contributed by atoms with Gasteiger partial charge in [-0.25, -0.2) is 4.98 Å². The first-order valence-corrected chi connectivity index (χ1v) is 10.2. The molecule has 3 aromatic heterocycles.